The van der Waals surface area contributed by atoms with E-state index in [0.717, 1.165) is 43.9 Å². The quantitative estimate of drug-likeness (QED) is 0.844. The van der Waals surface area contributed by atoms with E-state index in [4.69, 9.17) is 4.74 Å². The van der Waals surface area contributed by atoms with Crippen LogP contribution in [0.5, 0.6) is 5.75 Å². The van der Waals surface area contributed by atoms with Crippen LogP contribution in [0.3, 0.4) is 0 Å². The summed E-state index contributed by atoms with van der Waals surface area (Å²) < 4.78 is 5.41. The molecule has 1 aromatic carbocycles. The molecule has 1 aliphatic heterocycles. The second-order valence-electron chi connectivity index (χ2n) is 4.92. The predicted octanol–water partition coefficient (Wildman–Crippen LogP) is 1.41. The van der Waals surface area contributed by atoms with Crippen molar-refractivity contribution < 1.29 is 9.84 Å². The van der Waals surface area contributed by atoms with E-state index in [-0.39, 0.29) is 0 Å². The smallest absolute Gasteiger partial charge is 0.119 e. The topological polar surface area (TPSA) is 44.7 Å². The average Bonchev–Trinajstić information content (AvgIpc) is 2.68. The molecule has 1 unspecified atom stereocenters. The van der Waals surface area contributed by atoms with Crippen molar-refractivity contribution in [2.45, 2.75) is 19.4 Å². The van der Waals surface area contributed by atoms with Crippen molar-refractivity contribution in [1.82, 2.24) is 10.2 Å². The molecular formula is C15H24N2O2. The van der Waals surface area contributed by atoms with Crippen LogP contribution >= 0.6 is 0 Å². The first kappa shape index (κ1) is 14.3. The van der Waals surface area contributed by atoms with Gasteiger partial charge >= 0.3 is 0 Å². The number of aliphatic hydroxyl groups excluding tert-OH is 1. The molecular weight excluding hydrogens is 240 g/mol. The SMILES string of the molecule is CCOc1ccc(C(O)CN2CCCNCC2)cc1. The molecule has 0 saturated carbocycles. The van der Waals surface area contributed by atoms with Gasteiger partial charge in [-0.25, -0.2) is 0 Å². The van der Waals surface area contributed by atoms with E-state index in [9.17, 15) is 5.11 Å². The van der Waals surface area contributed by atoms with E-state index in [2.05, 4.69) is 10.2 Å². The molecule has 19 heavy (non-hydrogen) atoms. The molecule has 1 heterocycles. The van der Waals surface area contributed by atoms with Crippen LogP contribution < -0.4 is 10.1 Å². The minimum Gasteiger partial charge on any atom is -0.494 e. The lowest BCUT2D eigenvalue weighted by molar-refractivity contribution is 0.117. The average molecular weight is 264 g/mol. The lowest BCUT2D eigenvalue weighted by atomic mass is 10.1. The van der Waals surface area contributed by atoms with Crippen LogP contribution in [0.4, 0.5) is 0 Å². The predicted molar refractivity (Wildman–Crippen MR) is 76.5 cm³/mol. The molecule has 2 rings (SSSR count). The number of benzene rings is 1. The van der Waals surface area contributed by atoms with Crippen LogP contribution in [0, 0.1) is 0 Å². The lowest BCUT2D eigenvalue weighted by Gasteiger charge is -2.23. The van der Waals surface area contributed by atoms with Gasteiger partial charge in [-0.15, -0.1) is 0 Å². The molecule has 0 spiro atoms. The Morgan fingerprint density at radius 3 is 2.79 bits per heavy atom. The Kier molecular flexibility index (Phi) is 5.63. The van der Waals surface area contributed by atoms with E-state index in [1.165, 1.54) is 0 Å². The molecule has 1 atom stereocenters. The minimum absolute atomic E-state index is 0.422. The molecule has 0 aromatic heterocycles. The summed E-state index contributed by atoms with van der Waals surface area (Å²) in [6, 6.07) is 7.75. The zero-order valence-electron chi connectivity index (χ0n) is 11.6. The Labute approximate surface area is 115 Å². The molecule has 1 aromatic rings. The number of nitrogens with one attached hydrogen (secondary N) is 1. The second kappa shape index (κ2) is 7.48. The van der Waals surface area contributed by atoms with Gasteiger partial charge in [0.15, 0.2) is 0 Å². The van der Waals surface area contributed by atoms with Crippen molar-refractivity contribution in [3.05, 3.63) is 29.8 Å². The first-order valence-electron chi connectivity index (χ1n) is 7.13. The molecule has 1 saturated heterocycles. The fraction of sp³-hybridized carbons (Fsp3) is 0.600. The van der Waals surface area contributed by atoms with E-state index in [0.29, 0.717) is 13.2 Å². The molecule has 0 radical (unpaired) electrons. The Hall–Kier alpha value is -1.10. The van der Waals surface area contributed by atoms with Crippen LogP contribution in [-0.2, 0) is 0 Å². The largest absolute Gasteiger partial charge is 0.494 e. The van der Waals surface area contributed by atoms with Crippen molar-refractivity contribution in [2.75, 3.05) is 39.3 Å². The van der Waals surface area contributed by atoms with Crippen LogP contribution in [-0.4, -0.2) is 49.3 Å². The zero-order chi connectivity index (χ0) is 13.5. The van der Waals surface area contributed by atoms with E-state index in [1.54, 1.807) is 0 Å². The Bertz CT molecular complexity index is 359. The van der Waals surface area contributed by atoms with Crippen LogP contribution in [0.1, 0.15) is 25.0 Å². The van der Waals surface area contributed by atoms with Gasteiger partial charge < -0.3 is 15.2 Å². The highest BCUT2D eigenvalue weighted by molar-refractivity contribution is 5.28. The molecule has 4 nitrogen and oxygen atoms in total. The van der Waals surface area contributed by atoms with Crippen molar-refractivity contribution in [3.63, 3.8) is 0 Å². The van der Waals surface area contributed by atoms with Gasteiger partial charge in [0.2, 0.25) is 0 Å². The highest BCUT2D eigenvalue weighted by Crippen LogP contribution is 2.19. The molecule has 1 aliphatic rings. The van der Waals surface area contributed by atoms with Crippen LogP contribution in [0.2, 0.25) is 0 Å². The number of rotatable bonds is 5. The summed E-state index contributed by atoms with van der Waals surface area (Å²) >= 11 is 0. The van der Waals surface area contributed by atoms with E-state index >= 15 is 0 Å². The van der Waals surface area contributed by atoms with Crippen LogP contribution in [0.15, 0.2) is 24.3 Å². The number of hydrogen-bond donors (Lipinski definition) is 2. The zero-order valence-corrected chi connectivity index (χ0v) is 11.6. The van der Waals surface area contributed by atoms with Gasteiger partial charge in [0.25, 0.3) is 0 Å². The minimum atomic E-state index is -0.422. The number of β-amino-alcohol motifs (C(OH)–C–C–N with tert-alkyl or cyclic N) is 1. The third-order valence-electron chi connectivity index (χ3n) is 3.44. The second-order valence-corrected chi connectivity index (χ2v) is 4.92. The van der Waals surface area contributed by atoms with E-state index < -0.39 is 6.10 Å². The van der Waals surface area contributed by atoms with Gasteiger partial charge in [-0.1, -0.05) is 12.1 Å². The lowest BCUT2D eigenvalue weighted by Crippen LogP contribution is -2.32. The number of ether oxygens (including phenoxy) is 1. The number of aliphatic hydroxyl groups is 1. The third kappa shape index (κ3) is 4.49. The summed E-state index contributed by atoms with van der Waals surface area (Å²) in [6.07, 6.45) is 0.726. The Balaban J connectivity index is 1.89. The molecule has 0 aliphatic carbocycles. The van der Waals surface area contributed by atoms with Crippen LogP contribution in [0.25, 0.3) is 0 Å². The standard InChI is InChI=1S/C15H24N2O2/c1-2-19-14-6-4-13(5-7-14)15(18)12-17-10-3-8-16-9-11-17/h4-7,15-16,18H,2-3,8-12H2,1H3. The Morgan fingerprint density at radius 2 is 2.05 bits per heavy atom. The monoisotopic (exact) mass is 264 g/mol. The first-order chi connectivity index (χ1) is 9.29. The van der Waals surface area contributed by atoms with Crippen molar-refractivity contribution in [2.24, 2.45) is 0 Å². The summed E-state index contributed by atoms with van der Waals surface area (Å²) in [5.74, 6) is 0.859. The van der Waals surface area contributed by atoms with Crippen molar-refractivity contribution in [1.29, 1.82) is 0 Å². The summed E-state index contributed by atoms with van der Waals surface area (Å²) in [7, 11) is 0. The molecule has 106 valence electrons. The normalized spacial score (nSPS) is 18.8. The Morgan fingerprint density at radius 1 is 1.26 bits per heavy atom. The molecule has 0 bridgehead atoms. The fourth-order valence-electron chi connectivity index (χ4n) is 2.39. The first-order valence-corrected chi connectivity index (χ1v) is 7.13. The summed E-state index contributed by atoms with van der Waals surface area (Å²) in [4.78, 5) is 2.32. The van der Waals surface area contributed by atoms with Gasteiger partial charge in [-0.3, -0.25) is 4.90 Å². The maximum Gasteiger partial charge on any atom is 0.119 e. The summed E-state index contributed by atoms with van der Waals surface area (Å²) in [5.41, 5.74) is 0.959. The third-order valence-corrected chi connectivity index (χ3v) is 3.44. The summed E-state index contributed by atoms with van der Waals surface area (Å²) in [6.45, 7) is 7.50. The van der Waals surface area contributed by atoms with Crippen molar-refractivity contribution >= 4 is 0 Å². The van der Waals surface area contributed by atoms with Gasteiger partial charge in [-0.05, 0) is 44.1 Å². The number of nitrogens with zero attached hydrogens (tertiary/aromatic N) is 1. The van der Waals surface area contributed by atoms with Gasteiger partial charge in [0.1, 0.15) is 5.75 Å². The molecule has 2 N–H and O–H groups in total. The molecule has 4 heteroatoms. The van der Waals surface area contributed by atoms with Gasteiger partial charge in [0.05, 0.1) is 12.7 Å². The molecule has 1 fully saturated rings. The number of hydrogen-bond acceptors (Lipinski definition) is 4. The highest BCUT2D eigenvalue weighted by Gasteiger charge is 2.14. The van der Waals surface area contributed by atoms with Gasteiger partial charge in [0, 0.05) is 19.6 Å². The van der Waals surface area contributed by atoms with Crippen molar-refractivity contribution in [3.8, 4) is 5.75 Å². The maximum absolute atomic E-state index is 10.3. The molecule has 0 amide bonds. The maximum atomic E-state index is 10.3. The van der Waals surface area contributed by atoms with Gasteiger partial charge in [-0.2, -0.15) is 0 Å². The fourth-order valence-corrected chi connectivity index (χ4v) is 2.39. The highest BCUT2D eigenvalue weighted by atomic mass is 16.5. The van der Waals surface area contributed by atoms with E-state index in [1.807, 2.05) is 31.2 Å². The summed E-state index contributed by atoms with van der Waals surface area (Å²) in [5, 5.41) is 13.7.